The number of nitrogens with zero attached hydrogens (tertiary/aromatic N) is 1. The van der Waals surface area contributed by atoms with Crippen LogP contribution in [-0.4, -0.2) is 30.9 Å². The van der Waals surface area contributed by atoms with Gasteiger partial charge in [0.1, 0.15) is 11.8 Å². The Morgan fingerprint density at radius 3 is 2.65 bits per heavy atom. The molecule has 1 aromatic rings. The lowest BCUT2D eigenvalue weighted by Gasteiger charge is -2.18. The van der Waals surface area contributed by atoms with E-state index in [0.29, 0.717) is 0 Å². The number of carbonyl (C=O) groups is 1. The summed E-state index contributed by atoms with van der Waals surface area (Å²) in [4.78, 5) is 10.6. The number of benzene rings is 1. The maximum Gasteiger partial charge on any atom is 0.403 e. The van der Waals surface area contributed by atoms with E-state index >= 15 is 0 Å². The molecule has 0 spiro atoms. The third-order valence-electron chi connectivity index (χ3n) is 2.54. The Morgan fingerprint density at radius 1 is 1.55 bits per heavy atom. The molecule has 5 nitrogen and oxygen atoms in total. The average molecular weight is 288 g/mol. The van der Waals surface area contributed by atoms with Crippen LogP contribution in [0.4, 0.5) is 18.9 Å². The van der Waals surface area contributed by atoms with E-state index in [4.69, 9.17) is 15.1 Å². The van der Waals surface area contributed by atoms with Gasteiger partial charge in [-0.15, -0.1) is 0 Å². The van der Waals surface area contributed by atoms with Crippen LogP contribution in [-0.2, 0) is 4.79 Å². The second-order valence-electron chi connectivity index (χ2n) is 3.81. The van der Waals surface area contributed by atoms with Crippen LogP contribution in [0.25, 0.3) is 0 Å². The van der Waals surface area contributed by atoms with Gasteiger partial charge in [0, 0.05) is 6.54 Å². The number of halogens is 3. The monoisotopic (exact) mass is 288 g/mol. The molecule has 0 fully saturated rings. The topological polar surface area (TPSA) is 82.3 Å². The molecule has 0 aliphatic heterocycles. The summed E-state index contributed by atoms with van der Waals surface area (Å²) >= 11 is 0. The Kier molecular flexibility index (Phi) is 4.80. The highest BCUT2D eigenvalue weighted by Crippen LogP contribution is 2.31. The molecule has 0 bridgehead atoms. The van der Waals surface area contributed by atoms with Crippen LogP contribution in [0.2, 0.25) is 0 Å². The summed E-state index contributed by atoms with van der Waals surface area (Å²) in [6.07, 6.45) is -4.88. The van der Waals surface area contributed by atoms with Crippen molar-refractivity contribution in [1.29, 1.82) is 5.26 Å². The predicted molar refractivity (Wildman–Crippen MR) is 63.4 cm³/mol. The molecule has 20 heavy (non-hydrogen) atoms. The third-order valence-corrected chi connectivity index (χ3v) is 2.54. The quantitative estimate of drug-likeness (QED) is 0.868. The standard InChI is InChI=1S/C12H11F3N2O3/c1-20-9-4-2-3-7(5-16)10(9)17-6-8(11(18)19)12(13,14)15/h2-4,8,17H,6H2,1H3,(H,18,19). The van der Waals surface area contributed by atoms with E-state index in [2.05, 4.69) is 5.32 Å². The van der Waals surface area contributed by atoms with Crippen LogP contribution in [0.15, 0.2) is 18.2 Å². The number of methoxy groups -OCH3 is 1. The van der Waals surface area contributed by atoms with Crippen LogP contribution < -0.4 is 10.1 Å². The van der Waals surface area contributed by atoms with E-state index < -0.39 is 24.6 Å². The molecule has 108 valence electrons. The Hall–Kier alpha value is -2.43. The van der Waals surface area contributed by atoms with Crippen LogP contribution >= 0.6 is 0 Å². The van der Waals surface area contributed by atoms with Gasteiger partial charge in [-0.2, -0.15) is 18.4 Å². The van der Waals surface area contributed by atoms with Crippen molar-refractivity contribution >= 4 is 11.7 Å². The molecule has 8 heteroatoms. The van der Waals surface area contributed by atoms with Gasteiger partial charge in [-0.25, -0.2) is 0 Å². The zero-order valence-electron chi connectivity index (χ0n) is 10.4. The zero-order chi connectivity index (χ0) is 15.3. The number of hydrogen-bond donors (Lipinski definition) is 2. The van der Waals surface area contributed by atoms with Gasteiger partial charge in [-0.3, -0.25) is 4.79 Å². The minimum absolute atomic E-state index is 0.0352. The Balaban J connectivity index is 3.00. The van der Waals surface area contributed by atoms with E-state index in [9.17, 15) is 18.0 Å². The summed E-state index contributed by atoms with van der Waals surface area (Å²) in [5, 5.41) is 19.8. The summed E-state index contributed by atoms with van der Waals surface area (Å²) in [7, 11) is 1.29. The lowest BCUT2D eigenvalue weighted by molar-refractivity contribution is -0.190. The Labute approximate surface area is 112 Å². The average Bonchev–Trinajstić information content (AvgIpc) is 2.36. The fraction of sp³-hybridized carbons (Fsp3) is 0.333. The molecule has 0 heterocycles. The van der Waals surface area contributed by atoms with Crippen molar-refractivity contribution in [2.75, 3.05) is 19.0 Å². The van der Waals surface area contributed by atoms with E-state index in [1.165, 1.54) is 25.3 Å². The molecular formula is C12H11F3N2O3. The first kappa shape index (κ1) is 15.6. The number of anilines is 1. The largest absolute Gasteiger partial charge is 0.495 e. The number of alkyl halides is 3. The number of hydrogen-bond acceptors (Lipinski definition) is 4. The van der Waals surface area contributed by atoms with Crippen molar-refractivity contribution in [3.8, 4) is 11.8 Å². The van der Waals surface area contributed by atoms with Crippen LogP contribution in [0.3, 0.4) is 0 Å². The summed E-state index contributed by atoms with van der Waals surface area (Å²) < 4.78 is 42.5. The smallest absolute Gasteiger partial charge is 0.403 e. The molecule has 2 N–H and O–H groups in total. The first-order chi connectivity index (χ1) is 9.31. The summed E-state index contributed by atoms with van der Waals surface area (Å²) in [5.74, 6) is -4.40. The number of nitriles is 1. The van der Waals surface area contributed by atoms with Crippen LogP contribution in [0.5, 0.6) is 5.75 Å². The second kappa shape index (κ2) is 6.14. The highest BCUT2D eigenvalue weighted by molar-refractivity contribution is 5.73. The molecule has 0 saturated carbocycles. The third kappa shape index (κ3) is 3.54. The fourth-order valence-electron chi connectivity index (χ4n) is 1.52. The summed E-state index contributed by atoms with van der Waals surface area (Å²) in [6, 6.07) is 6.13. The van der Waals surface area contributed by atoms with Gasteiger partial charge in [0.15, 0.2) is 5.92 Å². The Morgan fingerprint density at radius 2 is 2.20 bits per heavy atom. The second-order valence-corrected chi connectivity index (χ2v) is 3.81. The molecule has 1 rings (SSSR count). The lowest BCUT2D eigenvalue weighted by Crippen LogP contribution is -2.36. The molecule has 1 atom stereocenters. The molecule has 1 aromatic carbocycles. The minimum Gasteiger partial charge on any atom is -0.495 e. The van der Waals surface area contributed by atoms with Crippen molar-refractivity contribution in [2.45, 2.75) is 6.18 Å². The van der Waals surface area contributed by atoms with E-state index in [1.807, 2.05) is 0 Å². The molecule has 0 radical (unpaired) electrons. The van der Waals surface area contributed by atoms with Crippen molar-refractivity contribution in [2.24, 2.45) is 5.92 Å². The SMILES string of the molecule is COc1cccc(C#N)c1NCC(C(=O)O)C(F)(F)F. The number of ether oxygens (including phenoxy) is 1. The predicted octanol–water partition coefficient (Wildman–Crippen LogP) is 2.24. The first-order valence-corrected chi connectivity index (χ1v) is 5.41. The van der Waals surface area contributed by atoms with Crippen molar-refractivity contribution < 1.29 is 27.8 Å². The maximum atomic E-state index is 12.5. The number of carboxylic acid groups (broad SMARTS) is 1. The van der Waals surface area contributed by atoms with Gasteiger partial charge in [0.2, 0.25) is 0 Å². The molecule has 0 aromatic heterocycles. The van der Waals surface area contributed by atoms with Crippen LogP contribution in [0, 0.1) is 17.2 Å². The highest BCUT2D eigenvalue weighted by atomic mass is 19.4. The lowest BCUT2D eigenvalue weighted by atomic mass is 10.1. The fourth-order valence-corrected chi connectivity index (χ4v) is 1.52. The number of nitrogens with one attached hydrogen (secondary N) is 1. The van der Waals surface area contributed by atoms with Gasteiger partial charge < -0.3 is 15.2 Å². The number of carboxylic acids is 1. The molecule has 1 unspecified atom stereocenters. The maximum absolute atomic E-state index is 12.5. The van der Waals surface area contributed by atoms with Crippen molar-refractivity contribution in [1.82, 2.24) is 0 Å². The van der Waals surface area contributed by atoms with E-state index in [0.717, 1.165) is 0 Å². The molecular weight excluding hydrogens is 277 g/mol. The van der Waals surface area contributed by atoms with Gasteiger partial charge in [0.05, 0.1) is 18.4 Å². The number of rotatable bonds is 5. The number of para-hydroxylation sites is 1. The Bertz CT molecular complexity index is 538. The van der Waals surface area contributed by atoms with Gasteiger partial charge in [-0.1, -0.05) is 6.07 Å². The van der Waals surface area contributed by atoms with Gasteiger partial charge in [0.25, 0.3) is 0 Å². The molecule has 0 aliphatic rings. The van der Waals surface area contributed by atoms with Crippen molar-refractivity contribution in [3.63, 3.8) is 0 Å². The van der Waals surface area contributed by atoms with E-state index in [1.54, 1.807) is 6.07 Å². The highest BCUT2D eigenvalue weighted by Gasteiger charge is 2.45. The molecule has 0 saturated heterocycles. The number of aliphatic carboxylic acids is 1. The first-order valence-electron chi connectivity index (χ1n) is 5.41. The summed E-state index contributed by atoms with van der Waals surface area (Å²) in [5.41, 5.74) is 0.101. The van der Waals surface area contributed by atoms with Crippen LogP contribution in [0.1, 0.15) is 5.56 Å². The van der Waals surface area contributed by atoms with Gasteiger partial charge >= 0.3 is 12.1 Å². The summed E-state index contributed by atoms with van der Waals surface area (Å²) in [6.45, 7) is -0.895. The zero-order valence-corrected chi connectivity index (χ0v) is 10.4. The normalized spacial score (nSPS) is 12.3. The minimum atomic E-state index is -4.88. The van der Waals surface area contributed by atoms with Crippen molar-refractivity contribution in [3.05, 3.63) is 23.8 Å². The molecule has 0 aliphatic carbocycles. The molecule has 0 amide bonds. The van der Waals surface area contributed by atoms with Gasteiger partial charge in [-0.05, 0) is 12.1 Å². The van der Waals surface area contributed by atoms with E-state index in [-0.39, 0.29) is 17.0 Å².